The Kier molecular flexibility index (Phi) is 6.32. The van der Waals surface area contributed by atoms with Crippen LogP contribution in [-0.2, 0) is 0 Å². The Labute approximate surface area is 100 Å². The van der Waals surface area contributed by atoms with E-state index in [0.29, 0.717) is 0 Å². The number of rotatable bonds is 5. The van der Waals surface area contributed by atoms with Gasteiger partial charge in [0.25, 0.3) is 0 Å². The maximum absolute atomic E-state index is 9.66. The molecule has 1 N–H and O–H groups in total. The molecule has 0 saturated carbocycles. The molecule has 0 spiro atoms. The predicted molar refractivity (Wildman–Crippen MR) is 68.6 cm³/mol. The number of hydrogen-bond acceptors (Lipinski definition) is 3. The summed E-state index contributed by atoms with van der Waals surface area (Å²) in [6.45, 7) is 13.3. The van der Waals surface area contributed by atoms with Crippen LogP contribution in [-0.4, -0.2) is 60.3 Å². The van der Waals surface area contributed by atoms with Crippen LogP contribution in [0.15, 0.2) is 0 Å². The number of aliphatic hydroxyl groups excluding tert-OH is 1. The van der Waals surface area contributed by atoms with Crippen molar-refractivity contribution in [3.05, 3.63) is 0 Å². The van der Waals surface area contributed by atoms with Gasteiger partial charge in [-0.25, -0.2) is 0 Å². The van der Waals surface area contributed by atoms with Crippen molar-refractivity contribution in [2.45, 2.75) is 39.7 Å². The van der Waals surface area contributed by atoms with Crippen LogP contribution < -0.4 is 0 Å². The Morgan fingerprint density at radius 2 is 1.56 bits per heavy atom. The molecule has 1 aliphatic rings. The van der Waals surface area contributed by atoms with Crippen LogP contribution in [0.25, 0.3) is 0 Å². The van der Waals surface area contributed by atoms with Crippen LogP contribution in [0.3, 0.4) is 0 Å². The molecule has 1 aliphatic heterocycles. The summed E-state index contributed by atoms with van der Waals surface area (Å²) in [7, 11) is 0. The van der Waals surface area contributed by atoms with Gasteiger partial charge in [0.15, 0.2) is 0 Å². The van der Waals surface area contributed by atoms with E-state index in [2.05, 4.69) is 23.6 Å². The van der Waals surface area contributed by atoms with E-state index in [4.69, 9.17) is 0 Å². The summed E-state index contributed by atoms with van der Waals surface area (Å²) in [6.07, 6.45) is 1.96. The lowest BCUT2D eigenvalue weighted by Gasteiger charge is -2.24. The van der Waals surface area contributed by atoms with Gasteiger partial charge in [-0.05, 0) is 31.8 Å². The minimum absolute atomic E-state index is 0.142. The summed E-state index contributed by atoms with van der Waals surface area (Å²) >= 11 is 0. The molecule has 0 amide bonds. The van der Waals surface area contributed by atoms with Gasteiger partial charge in [-0.15, -0.1) is 0 Å². The van der Waals surface area contributed by atoms with Crippen molar-refractivity contribution in [1.29, 1.82) is 0 Å². The third-order valence-electron chi connectivity index (χ3n) is 3.24. The van der Waals surface area contributed by atoms with Crippen molar-refractivity contribution in [1.82, 2.24) is 9.80 Å². The average molecular weight is 228 g/mol. The molecule has 1 heterocycles. The molecule has 1 fully saturated rings. The lowest BCUT2D eigenvalue weighted by atomic mass is 10.2. The van der Waals surface area contributed by atoms with E-state index in [9.17, 15) is 5.11 Å². The molecule has 0 aromatic carbocycles. The first-order valence-electron chi connectivity index (χ1n) is 6.74. The normalized spacial score (nSPS) is 22.3. The number of β-amino-alcohol motifs (C(OH)–C–C–N with tert-alkyl or cyclic N) is 1. The minimum atomic E-state index is -0.142. The van der Waals surface area contributed by atoms with Gasteiger partial charge >= 0.3 is 0 Å². The SMILES string of the molecule is CCC(O)CN1CCCN(CC(C)C)CC1. The summed E-state index contributed by atoms with van der Waals surface area (Å²) in [4.78, 5) is 4.97. The molecule has 1 unspecified atom stereocenters. The second-order valence-corrected chi connectivity index (χ2v) is 5.41. The zero-order valence-corrected chi connectivity index (χ0v) is 11.2. The highest BCUT2D eigenvalue weighted by Crippen LogP contribution is 2.07. The molecule has 1 saturated heterocycles. The summed E-state index contributed by atoms with van der Waals surface area (Å²) < 4.78 is 0. The zero-order chi connectivity index (χ0) is 12.0. The standard InChI is InChI=1S/C13H28N2O/c1-4-13(16)11-15-7-5-6-14(8-9-15)10-12(2)3/h12-13,16H,4-11H2,1-3H3. The fourth-order valence-corrected chi connectivity index (χ4v) is 2.33. The van der Waals surface area contributed by atoms with E-state index < -0.39 is 0 Å². The van der Waals surface area contributed by atoms with Crippen molar-refractivity contribution < 1.29 is 5.11 Å². The molecule has 1 atom stereocenters. The lowest BCUT2D eigenvalue weighted by Crippen LogP contribution is -2.36. The number of aliphatic hydroxyl groups is 1. The molecule has 96 valence electrons. The largest absolute Gasteiger partial charge is 0.392 e. The van der Waals surface area contributed by atoms with E-state index in [1.807, 2.05) is 6.92 Å². The van der Waals surface area contributed by atoms with Crippen molar-refractivity contribution in [2.24, 2.45) is 5.92 Å². The van der Waals surface area contributed by atoms with Gasteiger partial charge in [0.05, 0.1) is 6.10 Å². The Hall–Kier alpha value is -0.120. The highest BCUT2D eigenvalue weighted by molar-refractivity contribution is 4.72. The summed E-state index contributed by atoms with van der Waals surface area (Å²) in [5.74, 6) is 0.757. The third kappa shape index (κ3) is 5.28. The van der Waals surface area contributed by atoms with Gasteiger partial charge in [0.1, 0.15) is 0 Å². The Morgan fingerprint density at radius 3 is 2.06 bits per heavy atom. The monoisotopic (exact) mass is 228 g/mol. The predicted octanol–water partition coefficient (Wildman–Crippen LogP) is 1.42. The lowest BCUT2D eigenvalue weighted by molar-refractivity contribution is 0.110. The Balaban J connectivity index is 2.28. The number of nitrogens with zero attached hydrogens (tertiary/aromatic N) is 2. The molecule has 0 radical (unpaired) electrons. The topological polar surface area (TPSA) is 26.7 Å². The van der Waals surface area contributed by atoms with Gasteiger partial charge in [-0.2, -0.15) is 0 Å². The van der Waals surface area contributed by atoms with E-state index in [1.54, 1.807) is 0 Å². The molecule has 16 heavy (non-hydrogen) atoms. The first-order valence-corrected chi connectivity index (χ1v) is 6.74. The third-order valence-corrected chi connectivity index (χ3v) is 3.24. The van der Waals surface area contributed by atoms with Crippen LogP contribution in [0, 0.1) is 5.92 Å². The Bertz CT molecular complexity index is 185. The molecule has 0 aromatic rings. The van der Waals surface area contributed by atoms with Gasteiger partial charge < -0.3 is 10.0 Å². The van der Waals surface area contributed by atoms with Crippen LogP contribution in [0.5, 0.6) is 0 Å². The fourth-order valence-electron chi connectivity index (χ4n) is 2.33. The fraction of sp³-hybridized carbons (Fsp3) is 1.00. The maximum atomic E-state index is 9.66. The second kappa shape index (κ2) is 7.25. The van der Waals surface area contributed by atoms with E-state index in [0.717, 1.165) is 38.5 Å². The van der Waals surface area contributed by atoms with Crippen LogP contribution in [0.4, 0.5) is 0 Å². The molecule has 3 nitrogen and oxygen atoms in total. The van der Waals surface area contributed by atoms with Crippen molar-refractivity contribution in [2.75, 3.05) is 39.3 Å². The van der Waals surface area contributed by atoms with Crippen LogP contribution in [0.1, 0.15) is 33.6 Å². The van der Waals surface area contributed by atoms with E-state index >= 15 is 0 Å². The minimum Gasteiger partial charge on any atom is -0.392 e. The second-order valence-electron chi connectivity index (χ2n) is 5.41. The molecule has 0 aliphatic carbocycles. The van der Waals surface area contributed by atoms with Gasteiger partial charge in [0.2, 0.25) is 0 Å². The van der Waals surface area contributed by atoms with E-state index in [-0.39, 0.29) is 6.10 Å². The van der Waals surface area contributed by atoms with Gasteiger partial charge in [-0.3, -0.25) is 4.90 Å². The van der Waals surface area contributed by atoms with Crippen LogP contribution >= 0.6 is 0 Å². The molecule has 0 aromatic heterocycles. The average Bonchev–Trinajstić information content (AvgIpc) is 2.43. The molecule has 3 heteroatoms. The molecular weight excluding hydrogens is 200 g/mol. The van der Waals surface area contributed by atoms with Gasteiger partial charge in [-0.1, -0.05) is 20.8 Å². The van der Waals surface area contributed by atoms with Crippen molar-refractivity contribution >= 4 is 0 Å². The van der Waals surface area contributed by atoms with Crippen molar-refractivity contribution in [3.8, 4) is 0 Å². The molecular formula is C13H28N2O. The maximum Gasteiger partial charge on any atom is 0.0664 e. The zero-order valence-electron chi connectivity index (χ0n) is 11.2. The Morgan fingerprint density at radius 1 is 1.00 bits per heavy atom. The highest BCUT2D eigenvalue weighted by Gasteiger charge is 2.16. The van der Waals surface area contributed by atoms with Crippen LogP contribution in [0.2, 0.25) is 0 Å². The highest BCUT2D eigenvalue weighted by atomic mass is 16.3. The number of hydrogen-bond donors (Lipinski definition) is 1. The van der Waals surface area contributed by atoms with Gasteiger partial charge in [0, 0.05) is 26.2 Å². The summed E-state index contributed by atoms with van der Waals surface area (Å²) in [6, 6.07) is 0. The summed E-state index contributed by atoms with van der Waals surface area (Å²) in [5, 5.41) is 9.66. The summed E-state index contributed by atoms with van der Waals surface area (Å²) in [5.41, 5.74) is 0. The quantitative estimate of drug-likeness (QED) is 0.771. The van der Waals surface area contributed by atoms with Crippen molar-refractivity contribution in [3.63, 3.8) is 0 Å². The van der Waals surface area contributed by atoms with E-state index in [1.165, 1.54) is 19.5 Å². The molecule has 0 bridgehead atoms. The first kappa shape index (κ1) is 13.9. The first-order chi connectivity index (χ1) is 7.61. The molecule has 1 rings (SSSR count). The smallest absolute Gasteiger partial charge is 0.0664 e.